The highest BCUT2D eigenvalue weighted by atomic mass is 16.5. The summed E-state index contributed by atoms with van der Waals surface area (Å²) in [5.74, 6) is -0.651. The second-order valence-corrected chi connectivity index (χ2v) is 4.69. The zero-order valence-electron chi connectivity index (χ0n) is 11.8. The molecule has 106 valence electrons. The van der Waals surface area contributed by atoms with Crippen LogP contribution in [0, 0.1) is 0 Å². The van der Waals surface area contributed by atoms with Crippen molar-refractivity contribution in [3.05, 3.63) is 11.1 Å². The van der Waals surface area contributed by atoms with Crippen LogP contribution in [-0.2, 0) is 19.1 Å². The third-order valence-electron chi connectivity index (χ3n) is 3.09. The molecule has 6 nitrogen and oxygen atoms in total. The summed E-state index contributed by atoms with van der Waals surface area (Å²) in [5.41, 5.74) is 1.58. The number of nitrogens with zero attached hydrogens (tertiary/aromatic N) is 1. The molecule has 0 fully saturated rings. The van der Waals surface area contributed by atoms with Crippen molar-refractivity contribution in [3.8, 4) is 0 Å². The fraction of sp³-hybridized carbons (Fsp3) is 0.615. The fourth-order valence-electron chi connectivity index (χ4n) is 2.09. The van der Waals surface area contributed by atoms with Gasteiger partial charge < -0.3 is 15.0 Å². The number of ether oxygens (including phenoxy) is 1. The molecule has 1 heterocycles. The second-order valence-electron chi connectivity index (χ2n) is 4.69. The first kappa shape index (κ1) is 15.2. The Morgan fingerprint density at radius 3 is 2.58 bits per heavy atom. The number of hydrogen-bond acceptors (Lipinski definition) is 4. The fourth-order valence-corrected chi connectivity index (χ4v) is 2.09. The van der Waals surface area contributed by atoms with Crippen LogP contribution in [0.25, 0.3) is 0 Å². The van der Waals surface area contributed by atoms with Gasteiger partial charge in [-0.1, -0.05) is 5.57 Å². The summed E-state index contributed by atoms with van der Waals surface area (Å²) in [7, 11) is 1.65. The van der Waals surface area contributed by atoms with Gasteiger partial charge in [-0.05, 0) is 6.92 Å². The Balaban J connectivity index is 2.73. The van der Waals surface area contributed by atoms with Crippen molar-refractivity contribution in [2.24, 2.45) is 0 Å². The molecule has 1 aliphatic rings. The van der Waals surface area contributed by atoms with Crippen molar-refractivity contribution < 1.29 is 19.1 Å². The van der Waals surface area contributed by atoms with Gasteiger partial charge in [0.25, 0.3) is 5.91 Å². The number of likely N-dealkylation sites (N-methyl/N-ethyl adjacent to an activating group) is 1. The van der Waals surface area contributed by atoms with Crippen LogP contribution in [0.4, 0.5) is 0 Å². The normalized spacial score (nSPS) is 19.5. The molecule has 0 bridgehead atoms. The molecule has 2 amide bonds. The van der Waals surface area contributed by atoms with Crippen molar-refractivity contribution in [2.75, 3.05) is 13.7 Å². The maximum absolute atomic E-state index is 12.2. The number of nitrogens with one attached hydrogen (secondary N) is 1. The third-order valence-corrected chi connectivity index (χ3v) is 3.09. The van der Waals surface area contributed by atoms with E-state index in [1.54, 1.807) is 7.05 Å². The van der Waals surface area contributed by atoms with Crippen LogP contribution >= 0.6 is 0 Å². The predicted octanol–water partition coefficient (Wildman–Crippen LogP) is 0.580. The van der Waals surface area contributed by atoms with Gasteiger partial charge >= 0.3 is 5.97 Å². The lowest BCUT2D eigenvalue weighted by Crippen LogP contribution is -2.51. The maximum Gasteiger partial charge on any atom is 0.302 e. The molecular weight excluding hydrogens is 248 g/mol. The van der Waals surface area contributed by atoms with Crippen LogP contribution in [0.2, 0.25) is 0 Å². The number of carbonyl (C=O) groups is 3. The Morgan fingerprint density at radius 1 is 1.42 bits per heavy atom. The Bertz CT molecular complexity index is 428. The highest BCUT2D eigenvalue weighted by molar-refractivity contribution is 5.95. The lowest BCUT2D eigenvalue weighted by Gasteiger charge is -2.34. The topological polar surface area (TPSA) is 75.7 Å². The minimum Gasteiger partial charge on any atom is -0.466 e. The van der Waals surface area contributed by atoms with Crippen molar-refractivity contribution in [2.45, 2.75) is 39.8 Å². The highest BCUT2D eigenvalue weighted by Gasteiger charge is 2.30. The molecule has 0 saturated carbocycles. The largest absolute Gasteiger partial charge is 0.466 e. The number of esters is 1. The molecule has 0 spiro atoms. The van der Waals surface area contributed by atoms with E-state index in [9.17, 15) is 14.4 Å². The number of amides is 2. The van der Waals surface area contributed by atoms with Crippen molar-refractivity contribution in [3.63, 3.8) is 0 Å². The van der Waals surface area contributed by atoms with E-state index in [1.165, 1.54) is 18.7 Å². The molecule has 0 aliphatic carbocycles. The molecule has 1 rings (SSSR count). The van der Waals surface area contributed by atoms with E-state index in [0.717, 1.165) is 5.57 Å². The van der Waals surface area contributed by atoms with Crippen molar-refractivity contribution >= 4 is 17.8 Å². The first-order valence-electron chi connectivity index (χ1n) is 6.19. The monoisotopic (exact) mass is 268 g/mol. The lowest BCUT2D eigenvalue weighted by atomic mass is 9.96. The molecule has 0 aromatic carbocycles. The smallest absolute Gasteiger partial charge is 0.302 e. The number of rotatable bonds is 4. The first-order valence-corrected chi connectivity index (χ1v) is 6.19. The van der Waals surface area contributed by atoms with Gasteiger partial charge in [-0.2, -0.15) is 0 Å². The van der Waals surface area contributed by atoms with Gasteiger partial charge in [0.1, 0.15) is 6.17 Å². The first-order chi connectivity index (χ1) is 8.82. The van der Waals surface area contributed by atoms with E-state index < -0.39 is 0 Å². The summed E-state index contributed by atoms with van der Waals surface area (Å²) in [6.07, 6.45) is 0.695. The molecule has 0 aromatic heterocycles. The molecule has 1 atom stereocenters. The number of hydrogen-bond donors (Lipinski definition) is 1. The highest BCUT2D eigenvalue weighted by Crippen LogP contribution is 2.24. The molecule has 0 aromatic rings. The van der Waals surface area contributed by atoms with E-state index in [2.05, 4.69) is 5.32 Å². The molecule has 19 heavy (non-hydrogen) atoms. The molecule has 0 radical (unpaired) electrons. The average Bonchev–Trinajstić information content (AvgIpc) is 2.29. The summed E-state index contributed by atoms with van der Waals surface area (Å²) in [5, 5.41) is 2.73. The minimum absolute atomic E-state index is 0.130. The van der Waals surface area contributed by atoms with E-state index in [4.69, 9.17) is 4.74 Å². The SMILES string of the molecule is CC(=O)NC1CC(C)=C(CCOC(C)=O)C(=O)N1C. The molecular formula is C13H20N2O4. The molecule has 1 N–H and O–H groups in total. The summed E-state index contributed by atoms with van der Waals surface area (Å²) in [6, 6.07) is 0. The Hall–Kier alpha value is -1.85. The van der Waals surface area contributed by atoms with Gasteiger partial charge in [-0.25, -0.2) is 0 Å². The van der Waals surface area contributed by atoms with Crippen LogP contribution in [0.15, 0.2) is 11.1 Å². The number of carbonyl (C=O) groups excluding carboxylic acids is 3. The van der Waals surface area contributed by atoms with Crippen LogP contribution in [0.3, 0.4) is 0 Å². The van der Waals surface area contributed by atoms with Crippen LogP contribution in [-0.4, -0.2) is 42.5 Å². The zero-order chi connectivity index (χ0) is 14.6. The summed E-state index contributed by atoms with van der Waals surface area (Å²) in [6.45, 7) is 4.83. The molecule has 1 aliphatic heterocycles. The molecule has 1 unspecified atom stereocenters. The molecule has 6 heteroatoms. The lowest BCUT2D eigenvalue weighted by molar-refractivity contribution is -0.141. The van der Waals surface area contributed by atoms with Crippen LogP contribution in [0.1, 0.15) is 33.6 Å². The second kappa shape index (κ2) is 6.36. The van der Waals surface area contributed by atoms with Gasteiger partial charge in [0.15, 0.2) is 0 Å². The van der Waals surface area contributed by atoms with Gasteiger partial charge in [-0.3, -0.25) is 14.4 Å². The van der Waals surface area contributed by atoms with Crippen LogP contribution < -0.4 is 5.32 Å². The Morgan fingerprint density at radius 2 is 2.05 bits per heavy atom. The maximum atomic E-state index is 12.2. The van der Waals surface area contributed by atoms with Gasteiger partial charge in [0.2, 0.25) is 5.91 Å². The zero-order valence-corrected chi connectivity index (χ0v) is 11.8. The Labute approximate surface area is 112 Å². The average molecular weight is 268 g/mol. The van der Waals surface area contributed by atoms with Crippen LogP contribution in [0.5, 0.6) is 0 Å². The van der Waals surface area contributed by atoms with E-state index in [0.29, 0.717) is 18.4 Å². The van der Waals surface area contributed by atoms with E-state index in [-0.39, 0.29) is 30.6 Å². The van der Waals surface area contributed by atoms with Gasteiger partial charge in [-0.15, -0.1) is 0 Å². The van der Waals surface area contributed by atoms with Crippen molar-refractivity contribution in [1.29, 1.82) is 0 Å². The van der Waals surface area contributed by atoms with Gasteiger partial charge in [0, 0.05) is 39.3 Å². The summed E-state index contributed by atoms with van der Waals surface area (Å²) >= 11 is 0. The summed E-state index contributed by atoms with van der Waals surface area (Å²) in [4.78, 5) is 35.5. The van der Waals surface area contributed by atoms with E-state index >= 15 is 0 Å². The van der Waals surface area contributed by atoms with E-state index in [1.807, 2.05) is 6.92 Å². The quantitative estimate of drug-likeness (QED) is 0.757. The summed E-state index contributed by atoms with van der Waals surface area (Å²) < 4.78 is 4.85. The Kier molecular flexibility index (Phi) is 5.09. The van der Waals surface area contributed by atoms with Gasteiger partial charge in [0.05, 0.1) is 6.61 Å². The minimum atomic E-state index is -0.356. The third kappa shape index (κ3) is 4.08. The predicted molar refractivity (Wildman–Crippen MR) is 68.9 cm³/mol. The standard InChI is InChI=1S/C13H20N2O4/c1-8-7-12(14-9(2)16)15(4)13(18)11(8)5-6-19-10(3)17/h12H,5-7H2,1-4H3,(H,14,16). The van der Waals surface area contributed by atoms with Crippen molar-refractivity contribution in [1.82, 2.24) is 10.2 Å². The molecule has 0 saturated heterocycles.